The van der Waals surface area contributed by atoms with Gasteiger partial charge in [0.05, 0.1) is 0 Å². The highest BCUT2D eigenvalue weighted by atomic mass is 32.2. The average Bonchev–Trinajstić information content (AvgIpc) is 2.21. The van der Waals surface area contributed by atoms with Gasteiger partial charge >= 0.3 is 0 Å². The molecule has 0 aliphatic heterocycles. The summed E-state index contributed by atoms with van der Waals surface area (Å²) in [5.74, 6) is 1.38. The van der Waals surface area contributed by atoms with E-state index >= 15 is 0 Å². The molecular weight excluding hydrogens is 206 g/mol. The van der Waals surface area contributed by atoms with Crippen LogP contribution in [-0.2, 0) is 16.6 Å². The molecule has 3 heteroatoms. The molecule has 0 spiro atoms. The van der Waals surface area contributed by atoms with Gasteiger partial charge in [-0.25, -0.2) is 0 Å². The fourth-order valence-corrected chi connectivity index (χ4v) is 2.96. The standard InChI is InChI=1S/C12H19NOS/c1-10-5-3-6-11(2)12(10)9-15(14)8-4-7-13/h3,5-6H,4,7-9,13H2,1-2H3. The van der Waals surface area contributed by atoms with Crippen molar-refractivity contribution in [2.75, 3.05) is 12.3 Å². The summed E-state index contributed by atoms with van der Waals surface area (Å²) >= 11 is 0. The smallest absolute Gasteiger partial charge is 0.0490 e. The molecule has 1 aromatic carbocycles. The van der Waals surface area contributed by atoms with Crippen LogP contribution in [0.15, 0.2) is 18.2 Å². The first-order valence-electron chi connectivity index (χ1n) is 5.25. The Morgan fingerprint density at radius 1 is 1.27 bits per heavy atom. The number of benzene rings is 1. The molecule has 0 heterocycles. The van der Waals surface area contributed by atoms with Crippen LogP contribution in [0.2, 0.25) is 0 Å². The van der Waals surface area contributed by atoms with Crippen LogP contribution >= 0.6 is 0 Å². The number of nitrogens with two attached hydrogens (primary N) is 1. The van der Waals surface area contributed by atoms with Gasteiger partial charge in [0.25, 0.3) is 0 Å². The molecular formula is C12H19NOS. The Morgan fingerprint density at radius 3 is 2.40 bits per heavy atom. The predicted molar refractivity (Wildman–Crippen MR) is 66.3 cm³/mol. The van der Waals surface area contributed by atoms with Crippen molar-refractivity contribution in [3.05, 3.63) is 34.9 Å². The summed E-state index contributed by atoms with van der Waals surface area (Å²) in [5.41, 5.74) is 9.09. The molecule has 1 rings (SSSR count). The molecule has 1 aromatic rings. The molecule has 1 atom stereocenters. The van der Waals surface area contributed by atoms with Crippen LogP contribution in [-0.4, -0.2) is 16.5 Å². The normalized spacial score (nSPS) is 12.7. The van der Waals surface area contributed by atoms with Gasteiger partial charge in [-0.1, -0.05) is 18.2 Å². The minimum absolute atomic E-state index is 0.624. The zero-order valence-electron chi connectivity index (χ0n) is 9.45. The van der Waals surface area contributed by atoms with E-state index in [4.69, 9.17) is 5.73 Å². The van der Waals surface area contributed by atoms with Gasteiger partial charge in [0, 0.05) is 22.3 Å². The fraction of sp³-hybridized carbons (Fsp3) is 0.500. The molecule has 2 nitrogen and oxygen atoms in total. The lowest BCUT2D eigenvalue weighted by Crippen LogP contribution is -2.08. The van der Waals surface area contributed by atoms with E-state index < -0.39 is 10.8 Å². The summed E-state index contributed by atoms with van der Waals surface area (Å²) in [4.78, 5) is 0. The predicted octanol–water partition coefficient (Wildman–Crippen LogP) is 1.90. The summed E-state index contributed by atoms with van der Waals surface area (Å²) in [6.07, 6.45) is 0.845. The monoisotopic (exact) mass is 225 g/mol. The number of hydrogen-bond donors (Lipinski definition) is 1. The Balaban J connectivity index is 2.68. The van der Waals surface area contributed by atoms with Crippen molar-refractivity contribution in [1.82, 2.24) is 0 Å². The Kier molecular flexibility index (Phi) is 4.99. The van der Waals surface area contributed by atoms with Crippen LogP contribution < -0.4 is 5.73 Å². The van der Waals surface area contributed by atoms with Crippen molar-refractivity contribution < 1.29 is 4.21 Å². The van der Waals surface area contributed by atoms with Gasteiger partial charge in [-0.15, -0.1) is 0 Å². The summed E-state index contributed by atoms with van der Waals surface area (Å²) in [6, 6.07) is 6.18. The molecule has 0 aliphatic rings. The van der Waals surface area contributed by atoms with Gasteiger partial charge in [-0.3, -0.25) is 4.21 Å². The van der Waals surface area contributed by atoms with Gasteiger partial charge in [-0.2, -0.15) is 0 Å². The Morgan fingerprint density at radius 2 is 1.87 bits per heavy atom. The fourth-order valence-electron chi connectivity index (χ4n) is 1.55. The van der Waals surface area contributed by atoms with E-state index in [-0.39, 0.29) is 0 Å². The third kappa shape index (κ3) is 3.76. The van der Waals surface area contributed by atoms with Crippen molar-refractivity contribution in [3.63, 3.8) is 0 Å². The molecule has 1 unspecified atom stereocenters. The largest absolute Gasteiger partial charge is 0.330 e. The molecule has 0 fully saturated rings. The zero-order valence-corrected chi connectivity index (χ0v) is 10.3. The van der Waals surface area contributed by atoms with E-state index in [1.807, 2.05) is 6.07 Å². The van der Waals surface area contributed by atoms with Crippen LogP contribution in [0.3, 0.4) is 0 Å². The minimum Gasteiger partial charge on any atom is -0.330 e. The Bertz CT molecular complexity index is 329. The summed E-state index contributed by atoms with van der Waals surface area (Å²) < 4.78 is 11.7. The first-order chi connectivity index (χ1) is 7.15. The Labute approximate surface area is 94.3 Å². The molecule has 84 valence electrons. The second kappa shape index (κ2) is 6.03. The second-order valence-electron chi connectivity index (χ2n) is 3.80. The van der Waals surface area contributed by atoms with E-state index in [1.54, 1.807) is 0 Å². The SMILES string of the molecule is Cc1cccc(C)c1CS(=O)CCCN. The van der Waals surface area contributed by atoms with E-state index in [0.29, 0.717) is 18.1 Å². The third-order valence-electron chi connectivity index (χ3n) is 2.53. The van der Waals surface area contributed by atoms with Crippen LogP contribution in [0.1, 0.15) is 23.1 Å². The van der Waals surface area contributed by atoms with Gasteiger partial charge < -0.3 is 5.73 Å². The van der Waals surface area contributed by atoms with Gasteiger partial charge in [-0.05, 0) is 43.5 Å². The van der Waals surface area contributed by atoms with Crippen LogP contribution in [0.25, 0.3) is 0 Å². The van der Waals surface area contributed by atoms with E-state index in [0.717, 1.165) is 6.42 Å². The first kappa shape index (κ1) is 12.4. The lowest BCUT2D eigenvalue weighted by atomic mass is 10.1. The molecule has 0 aliphatic carbocycles. The first-order valence-corrected chi connectivity index (χ1v) is 6.74. The lowest BCUT2D eigenvalue weighted by Gasteiger charge is -2.09. The maximum absolute atomic E-state index is 11.7. The van der Waals surface area contributed by atoms with Gasteiger partial charge in [0.15, 0.2) is 0 Å². The number of rotatable bonds is 5. The number of hydrogen-bond acceptors (Lipinski definition) is 2. The van der Waals surface area contributed by atoms with Crippen LogP contribution in [0, 0.1) is 13.8 Å². The van der Waals surface area contributed by atoms with Gasteiger partial charge in [0.1, 0.15) is 0 Å². The summed E-state index contributed by atoms with van der Waals surface area (Å²) in [7, 11) is -0.771. The molecule has 0 bridgehead atoms. The summed E-state index contributed by atoms with van der Waals surface area (Å²) in [6.45, 7) is 4.77. The average molecular weight is 225 g/mol. The van der Waals surface area contributed by atoms with Crippen molar-refractivity contribution in [2.45, 2.75) is 26.0 Å². The van der Waals surface area contributed by atoms with Crippen LogP contribution in [0.5, 0.6) is 0 Å². The minimum atomic E-state index is -0.771. The topological polar surface area (TPSA) is 43.1 Å². The molecule has 2 N–H and O–H groups in total. The summed E-state index contributed by atoms with van der Waals surface area (Å²) in [5, 5.41) is 0. The van der Waals surface area contributed by atoms with Crippen molar-refractivity contribution >= 4 is 10.8 Å². The van der Waals surface area contributed by atoms with E-state index in [2.05, 4.69) is 26.0 Å². The molecule has 0 amide bonds. The second-order valence-corrected chi connectivity index (χ2v) is 5.38. The highest BCUT2D eigenvalue weighted by molar-refractivity contribution is 7.84. The van der Waals surface area contributed by atoms with E-state index in [1.165, 1.54) is 16.7 Å². The lowest BCUT2D eigenvalue weighted by molar-refractivity contribution is 0.680. The Hall–Kier alpha value is -0.670. The maximum atomic E-state index is 11.7. The van der Waals surface area contributed by atoms with Crippen LogP contribution in [0.4, 0.5) is 0 Å². The third-order valence-corrected chi connectivity index (χ3v) is 3.88. The molecule has 0 aromatic heterocycles. The molecule has 0 saturated carbocycles. The van der Waals surface area contributed by atoms with Crippen molar-refractivity contribution in [2.24, 2.45) is 5.73 Å². The highest BCUT2D eigenvalue weighted by Crippen LogP contribution is 2.15. The quantitative estimate of drug-likeness (QED) is 0.831. The zero-order chi connectivity index (χ0) is 11.3. The maximum Gasteiger partial charge on any atom is 0.0490 e. The molecule has 15 heavy (non-hydrogen) atoms. The van der Waals surface area contributed by atoms with E-state index in [9.17, 15) is 4.21 Å². The number of aryl methyl sites for hydroxylation is 2. The van der Waals surface area contributed by atoms with Crippen molar-refractivity contribution in [3.8, 4) is 0 Å². The van der Waals surface area contributed by atoms with Crippen molar-refractivity contribution in [1.29, 1.82) is 0 Å². The molecule has 0 saturated heterocycles. The van der Waals surface area contributed by atoms with Gasteiger partial charge in [0.2, 0.25) is 0 Å². The highest BCUT2D eigenvalue weighted by Gasteiger charge is 2.06. The molecule has 0 radical (unpaired) electrons.